The summed E-state index contributed by atoms with van der Waals surface area (Å²) in [4.78, 5) is 11.9. The second-order valence-electron chi connectivity index (χ2n) is 4.52. The third kappa shape index (κ3) is 4.88. The molecule has 0 saturated carbocycles. The summed E-state index contributed by atoms with van der Waals surface area (Å²) in [5.74, 6) is 1.38. The topological polar surface area (TPSA) is 76.1 Å². The lowest BCUT2D eigenvalue weighted by Gasteiger charge is -2.11. The number of nitrogens with zero attached hydrogens (tertiary/aromatic N) is 2. The van der Waals surface area contributed by atoms with Crippen LogP contribution in [-0.4, -0.2) is 35.6 Å². The molecule has 22 heavy (non-hydrogen) atoms. The molecule has 6 nitrogen and oxygen atoms in total. The summed E-state index contributed by atoms with van der Waals surface area (Å²) in [6.07, 6.45) is 0. The lowest BCUT2D eigenvalue weighted by Crippen LogP contribution is -2.30. The maximum absolute atomic E-state index is 11.9. The van der Waals surface area contributed by atoms with Gasteiger partial charge in [-0.05, 0) is 31.5 Å². The number of methoxy groups -OCH3 is 1. The average molecular weight is 338 g/mol. The number of urea groups is 1. The maximum atomic E-state index is 11.9. The summed E-state index contributed by atoms with van der Waals surface area (Å²) >= 11 is 3.13. The van der Waals surface area contributed by atoms with Gasteiger partial charge in [0.05, 0.1) is 12.8 Å². The Morgan fingerprint density at radius 1 is 1.36 bits per heavy atom. The van der Waals surface area contributed by atoms with Gasteiger partial charge in [0.25, 0.3) is 0 Å². The van der Waals surface area contributed by atoms with E-state index in [-0.39, 0.29) is 6.03 Å². The van der Waals surface area contributed by atoms with Crippen molar-refractivity contribution in [2.75, 3.05) is 24.7 Å². The minimum Gasteiger partial charge on any atom is -0.495 e. The molecule has 2 amide bonds. The second kappa shape index (κ2) is 8.00. The van der Waals surface area contributed by atoms with Crippen LogP contribution in [0.3, 0.4) is 0 Å². The molecule has 1 aromatic heterocycles. The van der Waals surface area contributed by atoms with Crippen molar-refractivity contribution in [3.8, 4) is 5.75 Å². The molecule has 0 aliphatic carbocycles. The molecule has 118 valence electrons. The number of benzene rings is 1. The van der Waals surface area contributed by atoms with Crippen LogP contribution in [0.1, 0.15) is 10.6 Å². The normalized spacial score (nSPS) is 10.3. The zero-order chi connectivity index (χ0) is 15.9. The van der Waals surface area contributed by atoms with Gasteiger partial charge in [-0.25, -0.2) is 4.79 Å². The zero-order valence-corrected chi connectivity index (χ0v) is 14.3. The molecule has 2 aromatic rings. The van der Waals surface area contributed by atoms with Gasteiger partial charge >= 0.3 is 6.03 Å². The molecule has 8 heteroatoms. The van der Waals surface area contributed by atoms with Crippen molar-refractivity contribution in [2.24, 2.45) is 0 Å². The Hall–Kier alpha value is -1.80. The van der Waals surface area contributed by atoms with Crippen molar-refractivity contribution in [1.29, 1.82) is 0 Å². The van der Waals surface area contributed by atoms with Crippen molar-refractivity contribution in [2.45, 2.75) is 18.2 Å². The fourth-order valence-electron chi connectivity index (χ4n) is 1.73. The number of amides is 2. The van der Waals surface area contributed by atoms with Crippen molar-refractivity contribution >= 4 is 34.8 Å². The van der Waals surface area contributed by atoms with Crippen LogP contribution >= 0.6 is 23.1 Å². The highest BCUT2D eigenvalue weighted by Crippen LogP contribution is 2.25. The predicted octanol–water partition coefficient (Wildman–Crippen LogP) is 3.08. The minimum atomic E-state index is -0.252. The van der Waals surface area contributed by atoms with E-state index in [1.807, 2.05) is 32.0 Å². The van der Waals surface area contributed by atoms with Gasteiger partial charge in [0.1, 0.15) is 10.8 Å². The van der Waals surface area contributed by atoms with Crippen molar-refractivity contribution in [3.63, 3.8) is 0 Å². The standard InChI is InChI=1S/C14H18N4O2S2/c1-9-4-5-12(20-3)11(8-9)16-13(19)15-6-7-21-14-18-17-10(2)22-14/h4-5,8H,6-7H2,1-3H3,(H2,15,16,19). The molecular formula is C14H18N4O2S2. The van der Waals surface area contributed by atoms with E-state index < -0.39 is 0 Å². The lowest BCUT2D eigenvalue weighted by atomic mass is 10.2. The van der Waals surface area contributed by atoms with Crippen LogP contribution in [0.5, 0.6) is 5.75 Å². The van der Waals surface area contributed by atoms with Gasteiger partial charge in [0, 0.05) is 12.3 Å². The lowest BCUT2D eigenvalue weighted by molar-refractivity contribution is 0.252. The number of rotatable bonds is 6. The monoisotopic (exact) mass is 338 g/mol. The first kappa shape index (κ1) is 16.6. The third-order valence-corrected chi connectivity index (χ3v) is 4.70. The fraction of sp³-hybridized carbons (Fsp3) is 0.357. The van der Waals surface area contributed by atoms with Crippen LogP contribution in [0.2, 0.25) is 0 Å². The average Bonchev–Trinajstić information content (AvgIpc) is 2.89. The number of carbonyl (C=O) groups is 1. The summed E-state index contributed by atoms with van der Waals surface area (Å²) < 4.78 is 6.14. The van der Waals surface area contributed by atoms with E-state index in [1.54, 1.807) is 30.2 Å². The first-order chi connectivity index (χ1) is 10.6. The molecule has 2 N–H and O–H groups in total. The van der Waals surface area contributed by atoms with E-state index in [0.29, 0.717) is 18.0 Å². The van der Waals surface area contributed by atoms with Crippen LogP contribution in [-0.2, 0) is 0 Å². The van der Waals surface area contributed by atoms with Crippen LogP contribution in [0.15, 0.2) is 22.5 Å². The summed E-state index contributed by atoms with van der Waals surface area (Å²) in [6, 6.07) is 5.39. The van der Waals surface area contributed by atoms with Gasteiger partial charge in [-0.15, -0.1) is 10.2 Å². The molecule has 0 aliphatic heterocycles. The molecule has 0 saturated heterocycles. The van der Waals surface area contributed by atoms with E-state index in [1.165, 1.54) is 0 Å². The van der Waals surface area contributed by atoms with Crippen LogP contribution < -0.4 is 15.4 Å². The zero-order valence-electron chi connectivity index (χ0n) is 12.7. The molecule has 0 spiro atoms. The van der Waals surface area contributed by atoms with E-state index >= 15 is 0 Å². The van der Waals surface area contributed by atoms with Crippen molar-refractivity contribution < 1.29 is 9.53 Å². The Balaban J connectivity index is 1.77. The van der Waals surface area contributed by atoms with Crippen LogP contribution in [0.4, 0.5) is 10.5 Å². The van der Waals surface area contributed by atoms with E-state index in [0.717, 1.165) is 20.7 Å². The first-order valence-electron chi connectivity index (χ1n) is 6.71. The molecule has 0 atom stereocenters. The Kier molecular flexibility index (Phi) is 6.02. The largest absolute Gasteiger partial charge is 0.495 e. The summed E-state index contributed by atoms with van der Waals surface area (Å²) in [5, 5.41) is 14.5. The summed E-state index contributed by atoms with van der Waals surface area (Å²) in [7, 11) is 1.58. The van der Waals surface area contributed by atoms with Crippen LogP contribution in [0, 0.1) is 13.8 Å². The highest BCUT2D eigenvalue weighted by atomic mass is 32.2. The predicted molar refractivity (Wildman–Crippen MR) is 90.1 cm³/mol. The minimum absolute atomic E-state index is 0.252. The number of hydrogen-bond acceptors (Lipinski definition) is 6. The molecule has 1 heterocycles. The van der Waals surface area contributed by atoms with Crippen molar-refractivity contribution in [1.82, 2.24) is 15.5 Å². The van der Waals surface area contributed by atoms with Gasteiger partial charge in [-0.3, -0.25) is 0 Å². The number of ether oxygens (including phenoxy) is 1. The van der Waals surface area contributed by atoms with Gasteiger partial charge in [-0.1, -0.05) is 29.2 Å². The SMILES string of the molecule is COc1ccc(C)cc1NC(=O)NCCSc1nnc(C)s1. The Morgan fingerprint density at radius 2 is 2.18 bits per heavy atom. The highest BCUT2D eigenvalue weighted by Gasteiger charge is 2.07. The number of anilines is 1. The summed E-state index contributed by atoms with van der Waals surface area (Å²) in [6.45, 7) is 4.43. The number of aryl methyl sites for hydroxylation is 2. The van der Waals surface area contributed by atoms with Gasteiger partial charge in [0.2, 0.25) is 0 Å². The molecule has 0 fully saturated rings. The number of aromatic nitrogens is 2. The quantitative estimate of drug-likeness (QED) is 0.625. The molecular weight excluding hydrogens is 320 g/mol. The Bertz CT molecular complexity index is 646. The third-order valence-electron chi connectivity index (χ3n) is 2.72. The fourth-order valence-corrected chi connectivity index (χ4v) is 3.47. The van der Waals surface area contributed by atoms with Crippen molar-refractivity contribution in [3.05, 3.63) is 28.8 Å². The van der Waals surface area contributed by atoms with Crippen LogP contribution in [0.25, 0.3) is 0 Å². The number of carbonyl (C=O) groups excluding carboxylic acids is 1. The van der Waals surface area contributed by atoms with Gasteiger partial charge in [0.15, 0.2) is 4.34 Å². The number of hydrogen-bond donors (Lipinski definition) is 2. The van der Waals surface area contributed by atoms with Gasteiger partial charge < -0.3 is 15.4 Å². The summed E-state index contributed by atoms with van der Waals surface area (Å²) in [5.41, 5.74) is 1.71. The van der Waals surface area contributed by atoms with E-state index in [9.17, 15) is 4.79 Å². The molecule has 0 bridgehead atoms. The Morgan fingerprint density at radius 3 is 2.86 bits per heavy atom. The molecule has 0 aliphatic rings. The molecule has 1 aromatic carbocycles. The molecule has 2 rings (SSSR count). The molecule has 0 unspecified atom stereocenters. The van der Waals surface area contributed by atoms with E-state index in [2.05, 4.69) is 20.8 Å². The van der Waals surface area contributed by atoms with Gasteiger partial charge in [-0.2, -0.15) is 0 Å². The second-order valence-corrected chi connectivity index (χ2v) is 7.04. The first-order valence-corrected chi connectivity index (χ1v) is 8.51. The molecule has 0 radical (unpaired) electrons. The number of nitrogens with one attached hydrogen (secondary N) is 2. The Labute approximate surface area is 137 Å². The maximum Gasteiger partial charge on any atom is 0.319 e. The highest BCUT2D eigenvalue weighted by molar-refractivity contribution is 8.01. The number of thioether (sulfide) groups is 1. The smallest absolute Gasteiger partial charge is 0.319 e. The van der Waals surface area contributed by atoms with E-state index in [4.69, 9.17) is 4.74 Å².